The van der Waals surface area contributed by atoms with Crippen molar-refractivity contribution in [3.8, 4) is 56.4 Å². The van der Waals surface area contributed by atoms with Gasteiger partial charge in [-0.15, -0.1) is 0 Å². The topological polar surface area (TPSA) is 275 Å². The number of halogens is 1. The quantitative estimate of drug-likeness (QED) is 0.160. The van der Waals surface area contributed by atoms with E-state index in [1.54, 1.807) is 65.0 Å². The third-order valence-corrected chi connectivity index (χ3v) is 12.4. The predicted octanol–water partition coefficient (Wildman–Crippen LogP) is 4.82. The molecule has 0 amide bonds. The molecule has 0 radical (unpaired) electrons. The van der Waals surface area contributed by atoms with E-state index in [4.69, 9.17) is 30.2 Å². The van der Waals surface area contributed by atoms with Crippen molar-refractivity contribution in [3.63, 3.8) is 0 Å². The molecular formula is C48H48BrN16NaO4S2. The van der Waals surface area contributed by atoms with E-state index in [0.29, 0.717) is 17.1 Å². The van der Waals surface area contributed by atoms with Crippen LogP contribution in [-0.2, 0) is 32.0 Å². The zero-order valence-corrected chi connectivity index (χ0v) is 46.0. The minimum absolute atomic E-state index is 0. The van der Waals surface area contributed by atoms with Gasteiger partial charge >= 0.3 is 29.6 Å². The number of sulfone groups is 1. The molecular weight excluding hydrogens is 1030 g/mol. The summed E-state index contributed by atoms with van der Waals surface area (Å²) in [6.07, 6.45) is 15.3. The molecule has 20 nitrogen and oxygen atoms in total. The summed E-state index contributed by atoms with van der Waals surface area (Å²) in [4.78, 5) is 34.8. The van der Waals surface area contributed by atoms with Crippen LogP contribution in [0.4, 0.5) is 11.9 Å². The minimum atomic E-state index is -3.45. The predicted molar refractivity (Wildman–Crippen MR) is 277 cm³/mol. The summed E-state index contributed by atoms with van der Waals surface area (Å²) >= 11 is 1.76. The van der Waals surface area contributed by atoms with Crippen molar-refractivity contribution >= 4 is 70.8 Å². The van der Waals surface area contributed by atoms with E-state index < -0.39 is 20.9 Å². The maximum atomic E-state index is 12.4. The zero-order chi connectivity index (χ0) is 51.0. The van der Waals surface area contributed by atoms with Crippen LogP contribution in [0.5, 0.6) is 0 Å². The van der Waals surface area contributed by atoms with Crippen LogP contribution in [0, 0.1) is 0 Å². The van der Waals surface area contributed by atoms with Gasteiger partial charge in [-0.05, 0) is 120 Å². The maximum Gasteiger partial charge on any atom is 1.00 e. The van der Waals surface area contributed by atoms with Crippen molar-refractivity contribution in [2.75, 3.05) is 24.0 Å². The van der Waals surface area contributed by atoms with E-state index in [1.165, 1.54) is 18.9 Å². The van der Waals surface area contributed by atoms with Crippen LogP contribution in [0.2, 0.25) is 0 Å². The van der Waals surface area contributed by atoms with Crippen LogP contribution in [0.25, 0.3) is 78.5 Å². The number of rotatable bonds is 7. The molecule has 72 heavy (non-hydrogen) atoms. The van der Waals surface area contributed by atoms with Gasteiger partial charge < -0.3 is 25.2 Å². The first-order chi connectivity index (χ1) is 33.6. The van der Waals surface area contributed by atoms with Gasteiger partial charge in [0.1, 0.15) is 37.0 Å². The summed E-state index contributed by atoms with van der Waals surface area (Å²) in [5.74, 6) is 1.93. The fourth-order valence-electron chi connectivity index (χ4n) is 7.89. The Bertz CT molecular complexity index is 3660. The number of anilines is 2. The van der Waals surface area contributed by atoms with Crippen LogP contribution in [0.3, 0.4) is 0 Å². The first kappa shape index (κ1) is 53.2. The number of benzene rings is 4. The van der Waals surface area contributed by atoms with Gasteiger partial charge in [0.2, 0.25) is 11.9 Å². The van der Waals surface area contributed by atoms with Gasteiger partial charge in [0.25, 0.3) is 0 Å². The molecule has 24 heteroatoms. The standard InChI is InChI=1S/C24H24N8O2S.C23H21BrN8.CH4O2S.Na/c1-24(2,3)32-21-7-5-15(16-11-27-23(25)28-12-16)9-19(21)30-22(32)18-10-17(35(4,33)34)6-8-20(18)31-14-26-13-29-31;1-23(2,3)32-20-6-4-14(15-10-27-22(25)28-11-15)8-18(20)30-21(32)17-9-16(24)5-7-19(17)31-13-26-12-29-31;1-4(2)3;/h5-14H,1-4H3,(H2,25,27,28);4-13H,1-3H3,(H2,25,27,28);1H3,(H,2,3);/q;;;+1/p-1. The first-order valence-corrected chi connectivity index (χ1v) is 25.8. The number of hydrogen-bond donors (Lipinski definition) is 2. The number of hydrogen-bond acceptors (Lipinski definition) is 16. The fourth-order valence-corrected chi connectivity index (χ4v) is 8.90. The van der Waals surface area contributed by atoms with Crippen molar-refractivity contribution in [3.05, 3.63) is 127 Å². The smallest absolute Gasteiger partial charge is 0.773 e. The molecule has 0 aliphatic rings. The average molecular weight is 1080 g/mol. The van der Waals surface area contributed by atoms with Crippen LogP contribution >= 0.6 is 15.9 Å². The van der Waals surface area contributed by atoms with E-state index in [1.807, 2.05) is 30.3 Å². The molecule has 10 rings (SSSR count). The Kier molecular flexibility index (Phi) is 15.7. The van der Waals surface area contributed by atoms with Gasteiger partial charge in [-0.25, -0.2) is 57.7 Å². The van der Waals surface area contributed by atoms with E-state index in [2.05, 4.69) is 131 Å². The minimum Gasteiger partial charge on any atom is -0.773 e. The van der Waals surface area contributed by atoms with Gasteiger partial charge in [0.15, 0.2) is 9.84 Å². The summed E-state index contributed by atoms with van der Waals surface area (Å²) in [5.41, 5.74) is 21.0. The van der Waals surface area contributed by atoms with Gasteiger partial charge in [-0.2, -0.15) is 10.2 Å². The maximum absolute atomic E-state index is 12.4. The molecule has 0 saturated carbocycles. The Morgan fingerprint density at radius 3 is 1.39 bits per heavy atom. The Morgan fingerprint density at radius 1 is 0.611 bits per heavy atom. The number of aromatic nitrogens is 14. The molecule has 10 aromatic rings. The largest absolute Gasteiger partial charge is 1.00 e. The molecule has 4 N–H and O–H groups in total. The molecule has 364 valence electrons. The third-order valence-electron chi connectivity index (χ3n) is 10.8. The van der Waals surface area contributed by atoms with E-state index >= 15 is 0 Å². The van der Waals surface area contributed by atoms with Crippen LogP contribution in [0.15, 0.2) is 132 Å². The molecule has 0 bridgehead atoms. The van der Waals surface area contributed by atoms with E-state index in [-0.39, 0.29) is 57.4 Å². The molecule has 1 unspecified atom stereocenters. The third kappa shape index (κ3) is 11.7. The Labute approximate surface area is 448 Å². The fraction of sp³-hybridized carbons (Fsp3) is 0.208. The Morgan fingerprint density at radius 2 is 1.01 bits per heavy atom. The monoisotopic (exact) mass is 1080 g/mol. The normalized spacial score (nSPS) is 12.1. The van der Waals surface area contributed by atoms with Crippen LogP contribution < -0.4 is 41.0 Å². The average Bonchev–Trinajstić information content (AvgIpc) is 4.15. The number of imidazole rings is 2. The number of nitrogens with two attached hydrogens (primary N) is 2. The van der Waals surface area contributed by atoms with Gasteiger partial charge in [0, 0.05) is 68.8 Å². The number of nitrogens with zero attached hydrogens (tertiary/aromatic N) is 14. The molecule has 0 aliphatic heterocycles. The summed E-state index contributed by atoms with van der Waals surface area (Å²) in [6.45, 7) is 12.8. The van der Waals surface area contributed by atoms with Crippen molar-refractivity contribution < 1.29 is 46.7 Å². The summed E-state index contributed by atoms with van der Waals surface area (Å²) in [6, 6.07) is 23.2. The summed E-state index contributed by atoms with van der Waals surface area (Å²) < 4.78 is 51.5. The second-order valence-electron chi connectivity index (χ2n) is 18.1. The zero-order valence-electron chi connectivity index (χ0n) is 40.8. The van der Waals surface area contributed by atoms with E-state index in [9.17, 15) is 8.42 Å². The molecule has 0 spiro atoms. The molecule has 4 aromatic carbocycles. The second kappa shape index (κ2) is 21.2. The first-order valence-electron chi connectivity index (χ1n) is 21.6. The van der Waals surface area contributed by atoms with Crippen molar-refractivity contribution in [2.24, 2.45) is 0 Å². The van der Waals surface area contributed by atoms with Gasteiger partial charge in [-0.3, -0.25) is 4.21 Å². The molecule has 0 saturated heterocycles. The summed E-state index contributed by atoms with van der Waals surface area (Å²) in [7, 11) is -3.45. The second-order valence-corrected chi connectivity index (χ2v) is 21.9. The molecule has 6 aromatic heterocycles. The van der Waals surface area contributed by atoms with Crippen LogP contribution in [-0.4, -0.2) is 98.3 Å². The summed E-state index contributed by atoms with van der Waals surface area (Å²) in [5, 5.41) is 8.60. The number of fused-ring (bicyclic) bond motifs is 2. The molecule has 6 heterocycles. The molecule has 0 aliphatic carbocycles. The van der Waals surface area contributed by atoms with Crippen molar-refractivity contribution in [2.45, 2.75) is 57.5 Å². The van der Waals surface area contributed by atoms with Crippen molar-refractivity contribution in [1.82, 2.24) is 68.6 Å². The Hall–Kier alpha value is -6.60. The van der Waals surface area contributed by atoms with Gasteiger partial charge in [-0.1, -0.05) is 39.1 Å². The van der Waals surface area contributed by atoms with Crippen LogP contribution in [0.1, 0.15) is 41.5 Å². The number of nitrogen functional groups attached to an aromatic ring is 2. The van der Waals surface area contributed by atoms with Gasteiger partial charge in [0.05, 0.1) is 38.3 Å². The van der Waals surface area contributed by atoms with E-state index in [0.717, 1.165) is 72.1 Å². The molecule has 1 atom stereocenters. The van der Waals surface area contributed by atoms with Crippen molar-refractivity contribution in [1.29, 1.82) is 0 Å². The Balaban J connectivity index is 0.000000195. The molecule has 0 fully saturated rings. The SMILES string of the molecule is CC(C)(C)n1c(-c2cc(Br)ccc2-n2cncn2)nc2cc(-c3cnc(N)nc3)ccc21.CC(C)(C)n1c(-c2cc(S(C)(=O)=O)ccc2-n2cncn2)nc2cc(-c3cnc(N)nc3)ccc21.CS(=O)[O-].[Na+].